The van der Waals surface area contributed by atoms with Gasteiger partial charge in [-0.25, -0.2) is 0 Å². The lowest BCUT2D eigenvalue weighted by atomic mass is 10.1. The van der Waals surface area contributed by atoms with Crippen molar-refractivity contribution < 1.29 is 19.2 Å². The second-order valence-electron chi connectivity index (χ2n) is 5.08. The highest BCUT2D eigenvalue weighted by atomic mass is 16.2. The van der Waals surface area contributed by atoms with E-state index in [9.17, 15) is 19.2 Å². The van der Waals surface area contributed by atoms with Crippen LogP contribution in [0.15, 0.2) is 18.2 Å². The van der Waals surface area contributed by atoms with Crippen LogP contribution in [0.2, 0.25) is 0 Å². The zero-order valence-corrected chi connectivity index (χ0v) is 12.2. The second kappa shape index (κ2) is 6.38. The summed E-state index contributed by atoms with van der Waals surface area (Å²) in [6.07, 6.45) is 1.08. The van der Waals surface area contributed by atoms with Crippen molar-refractivity contribution in [3.8, 4) is 0 Å². The van der Waals surface area contributed by atoms with E-state index in [0.29, 0.717) is 23.0 Å². The van der Waals surface area contributed by atoms with Crippen LogP contribution in [0.3, 0.4) is 0 Å². The van der Waals surface area contributed by atoms with Crippen molar-refractivity contribution >= 4 is 24.0 Å². The lowest BCUT2D eigenvalue weighted by Crippen LogP contribution is -2.37. The number of fused-ring (bicyclic) bond motifs is 1. The van der Waals surface area contributed by atoms with Crippen LogP contribution in [0, 0.1) is 0 Å². The number of nitrogens with one attached hydrogen (secondary N) is 1. The first-order chi connectivity index (χ1) is 10.5. The first-order valence-electron chi connectivity index (χ1n) is 6.87. The van der Waals surface area contributed by atoms with E-state index in [2.05, 4.69) is 5.32 Å². The maximum absolute atomic E-state index is 12.3. The molecular formula is C15H17N3O4. The van der Waals surface area contributed by atoms with Crippen LogP contribution in [-0.4, -0.2) is 42.0 Å². The molecule has 1 aliphatic heterocycles. The van der Waals surface area contributed by atoms with Gasteiger partial charge in [0.2, 0.25) is 11.8 Å². The van der Waals surface area contributed by atoms with Crippen LogP contribution < -0.4 is 11.1 Å². The number of rotatable bonds is 6. The van der Waals surface area contributed by atoms with Gasteiger partial charge in [0.15, 0.2) is 0 Å². The molecule has 0 aliphatic carbocycles. The van der Waals surface area contributed by atoms with Gasteiger partial charge in [0.05, 0.1) is 6.04 Å². The molecule has 1 aromatic rings. The van der Waals surface area contributed by atoms with Crippen LogP contribution in [0.25, 0.3) is 0 Å². The minimum atomic E-state index is -0.672. The third-order valence-electron chi connectivity index (χ3n) is 3.73. The number of hydrogen-bond acceptors (Lipinski definition) is 4. The van der Waals surface area contributed by atoms with E-state index in [4.69, 9.17) is 5.73 Å². The van der Waals surface area contributed by atoms with Gasteiger partial charge in [-0.2, -0.15) is 0 Å². The Balaban J connectivity index is 2.17. The molecule has 1 heterocycles. The lowest BCUT2D eigenvalue weighted by Gasteiger charge is -2.22. The average Bonchev–Trinajstić information content (AvgIpc) is 2.84. The maximum Gasteiger partial charge on any atom is 0.255 e. The SMILES string of the molecule is CNC(=O)CCC(C=O)N1Cc2cc(C(N)=O)ccc2C1=O. The molecule has 7 nitrogen and oxygen atoms in total. The molecule has 22 heavy (non-hydrogen) atoms. The molecular weight excluding hydrogens is 286 g/mol. The zero-order chi connectivity index (χ0) is 16.3. The first-order valence-corrected chi connectivity index (χ1v) is 6.87. The van der Waals surface area contributed by atoms with Crippen molar-refractivity contribution in [2.24, 2.45) is 5.73 Å². The van der Waals surface area contributed by atoms with Crippen molar-refractivity contribution in [1.82, 2.24) is 10.2 Å². The van der Waals surface area contributed by atoms with Gasteiger partial charge in [0, 0.05) is 31.1 Å². The largest absolute Gasteiger partial charge is 0.366 e. The highest BCUT2D eigenvalue weighted by molar-refractivity contribution is 6.01. The molecule has 0 aromatic heterocycles. The van der Waals surface area contributed by atoms with Crippen molar-refractivity contribution in [2.75, 3.05) is 7.05 Å². The quantitative estimate of drug-likeness (QED) is 0.711. The third-order valence-corrected chi connectivity index (χ3v) is 3.73. The van der Waals surface area contributed by atoms with E-state index in [-0.39, 0.29) is 31.2 Å². The third kappa shape index (κ3) is 2.98. The van der Waals surface area contributed by atoms with E-state index in [1.165, 1.54) is 18.0 Å². The zero-order valence-electron chi connectivity index (χ0n) is 12.2. The maximum atomic E-state index is 12.3. The van der Waals surface area contributed by atoms with Crippen LogP contribution in [0.4, 0.5) is 0 Å². The van der Waals surface area contributed by atoms with Gasteiger partial charge in [0.1, 0.15) is 6.29 Å². The number of amides is 3. The highest BCUT2D eigenvalue weighted by Gasteiger charge is 2.33. The Morgan fingerprint density at radius 3 is 2.77 bits per heavy atom. The van der Waals surface area contributed by atoms with E-state index >= 15 is 0 Å². The van der Waals surface area contributed by atoms with Gasteiger partial charge >= 0.3 is 0 Å². The summed E-state index contributed by atoms with van der Waals surface area (Å²) in [6, 6.07) is 3.92. The summed E-state index contributed by atoms with van der Waals surface area (Å²) in [4.78, 5) is 47.5. The van der Waals surface area contributed by atoms with Gasteiger partial charge in [-0.1, -0.05) is 0 Å². The van der Waals surface area contributed by atoms with Crippen LogP contribution in [-0.2, 0) is 16.1 Å². The van der Waals surface area contributed by atoms with Crippen molar-refractivity contribution in [3.05, 3.63) is 34.9 Å². The molecule has 7 heteroatoms. The summed E-state index contributed by atoms with van der Waals surface area (Å²) < 4.78 is 0. The summed E-state index contributed by atoms with van der Waals surface area (Å²) >= 11 is 0. The van der Waals surface area contributed by atoms with Gasteiger partial charge in [-0.15, -0.1) is 0 Å². The number of carbonyl (C=O) groups excluding carboxylic acids is 4. The number of primary amides is 1. The number of carbonyl (C=O) groups is 4. The van der Waals surface area contributed by atoms with E-state index < -0.39 is 11.9 Å². The minimum Gasteiger partial charge on any atom is -0.366 e. The van der Waals surface area contributed by atoms with E-state index in [1.54, 1.807) is 12.1 Å². The second-order valence-corrected chi connectivity index (χ2v) is 5.08. The van der Waals surface area contributed by atoms with E-state index in [0.717, 1.165) is 0 Å². The molecule has 1 atom stereocenters. The number of hydrogen-bond donors (Lipinski definition) is 2. The number of nitrogens with zero attached hydrogens (tertiary/aromatic N) is 1. The average molecular weight is 303 g/mol. The molecule has 0 saturated carbocycles. The van der Waals surface area contributed by atoms with Crippen LogP contribution in [0.5, 0.6) is 0 Å². The number of benzene rings is 1. The Labute approximate surface area is 127 Å². The molecule has 1 unspecified atom stereocenters. The molecule has 0 bridgehead atoms. The minimum absolute atomic E-state index is 0.159. The van der Waals surface area contributed by atoms with Crippen LogP contribution >= 0.6 is 0 Å². The van der Waals surface area contributed by atoms with Gasteiger partial charge < -0.3 is 20.7 Å². The molecule has 0 radical (unpaired) electrons. The standard InChI is InChI=1S/C15H17N3O4/c1-17-13(20)5-3-11(8-19)18-7-10-6-9(14(16)21)2-4-12(10)15(18)22/h2,4,6,8,11H,3,5,7H2,1H3,(H2,16,21)(H,17,20). The Hall–Kier alpha value is -2.70. The normalized spacial score (nSPS) is 14.4. The highest BCUT2D eigenvalue weighted by Crippen LogP contribution is 2.26. The molecule has 0 fully saturated rings. The fraction of sp³-hybridized carbons (Fsp3) is 0.333. The summed E-state index contributed by atoms with van der Waals surface area (Å²) in [5.41, 5.74) is 6.66. The Kier molecular flexibility index (Phi) is 4.55. The fourth-order valence-electron chi connectivity index (χ4n) is 2.47. The Bertz CT molecular complexity index is 642. The summed E-state index contributed by atoms with van der Waals surface area (Å²) in [6.45, 7) is 0.229. The van der Waals surface area contributed by atoms with Crippen molar-refractivity contribution in [1.29, 1.82) is 0 Å². The molecule has 3 N–H and O–H groups in total. The molecule has 1 aliphatic rings. The summed E-state index contributed by atoms with van der Waals surface area (Å²) in [5, 5.41) is 2.47. The Morgan fingerprint density at radius 2 is 2.18 bits per heavy atom. The first kappa shape index (κ1) is 15.7. The monoisotopic (exact) mass is 303 g/mol. The molecule has 1 aromatic carbocycles. The van der Waals surface area contributed by atoms with Crippen LogP contribution in [0.1, 0.15) is 39.1 Å². The smallest absolute Gasteiger partial charge is 0.255 e. The van der Waals surface area contributed by atoms with E-state index in [1.807, 2.05) is 0 Å². The topological polar surface area (TPSA) is 110 Å². The molecule has 0 spiro atoms. The number of nitrogens with two attached hydrogens (primary N) is 1. The molecule has 116 valence electrons. The predicted molar refractivity (Wildman–Crippen MR) is 78.0 cm³/mol. The van der Waals surface area contributed by atoms with Crippen molar-refractivity contribution in [3.63, 3.8) is 0 Å². The number of aldehydes is 1. The van der Waals surface area contributed by atoms with Gasteiger partial charge in [-0.05, 0) is 30.2 Å². The molecule has 2 rings (SSSR count). The Morgan fingerprint density at radius 1 is 1.45 bits per heavy atom. The lowest BCUT2D eigenvalue weighted by molar-refractivity contribution is -0.121. The van der Waals surface area contributed by atoms with Gasteiger partial charge in [-0.3, -0.25) is 14.4 Å². The molecule has 0 saturated heterocycles. The van der Waals surface area contributed by atoms with Gasteiger partial charge in [0.25, 0.3) is 5.91 Å². The summed E-state index contributed by atoms with van der Waals surface area (Å²) in [5.74, 6) is -1.03. The molecule has 3 amide bonds. The predicted octanol–water partition coefficient (Wildman–Crippen LogP) is -0.165. The van der Waals surface area contributed by atoms with Crippen molar-refractivity contribution in [2.45, 2.75) is 25.4 Å². The fourth-order valence-corrected chi connectivity index (χ4v) is 2.47. The summed E-state index contributed by atoms with van der Waals surface area (Å²) in [7, 11) is 1.51.